The minimum atomic E-state index is -1.10. The van der Waals surface area contributed by atoms with Gasteiger partial charge in [-0.2, -0.15) is 0 Å². The molecule has 188 valence electrons. The summed E-state index contributed by atoms with van der Waals surface area (Å²) in [4.78, 5) is 27.0. The van der Waals surface area contributed by atoms with Crippen molar-refractivity contribution in [3.05, 3.63) is 71.8 Å². The van der Waals surface area contributed by atoms with Gasteiger partial charge in [0.1, 0.15) is 6.10 Å². The van der Waals surface area contributed by atoms with Crippen LogP contribution in [0.2, 0.25) is 0 Å². The van der Waals surface area contributed by atoms with E-state index in [9.17, 15) is 14.7 Å². The van der Waals surface area contributed by atoms with E-state index >= 15 is 0 Å². The minimum absolute atomic E-state index is 0.199. The van der Waals surface area contributed by atoms with Gasteiger partial charge in [0.2, 0.25) is 0 Å². The number of nitrogens with zero attached hydrogens (tertiary/aromatic N) is 1. The molecular formula is C27H33NO7. The summed E-state index contributed by atoms with van der Waals surface area (Å²) in [7, 11) is 0. The Hall–Kier alpha value is -2.94. The number of carbonyl (C=O) groups excluding carboxylic acids is 2. The smallest absolute Gasteiger partial charge is 0.412 e. The van der Waals surface area contributed by atoms with Gasteiger partial charge in [0, 0.05) is 11.8 Å². The molecule has 8 heteroatoms. The summed E-state index contributed by atoms with van der Waals surface area (Å²) < 4.78 is 22.4. The molecule has 1 saturated carbocycles. The first-order valence-electron chi connectivity index (χ1n) is 12.1. The number of amides is 1. The summed E-state index contributed by atoms with van der Waals surface area (Å²) in [6.45, 7) is 4.84. The lowest BCUT2D eigenvalue weighted by Crippen LogP contribution is -2.46. The van der Waals surface area contributed by atoms with E-state index in [4.69, 9.17) is 18.9 Å². The molecule has 2 aliphatic rings. The van der Waals surface area contributed by atoms with Crippen molar-refractivity contribution in [3.8, 4) is 0 Å². The van der Waals surface area contributed by atoms with Crippen LogP contribution in [0, 0.1) is 17.8 Å². The average molecular weight is 484 g/mol. The van der Waals surface area contributed by atoms with Crippen molar-refractivity contribution in [2.45, 2.75) is 38.8 Å². The van der Waals surface area contributed by atoms with Crippen molar-refractivity contribution in [2.24, 2.45) is 17.8 Å². The maximum atomic E-state index is 12.9. The van der Waals surface area contributed by atoms with E-state index in [1.54, 1.807) is 13.8 Å². The van der Waals surface area contributed by atoms with Crippen molar-refractivity contribution in [3.63, 3.8) is 0 Å². The number of rotatable bonds is 10. The normalized spacial score (nSPS) is 26.3. The van der Waals surface area contributed by atoms with Gasteiger partial charge in [-0.1, -0.05) is 60.7 Å². The Morgan fingerprint density at radius 2 is 1.69 bits per heavy atom. The van der Waals surface area contributed by atoms with Crippen molar-refractivity contribution >= 4 is 12.1 Å². The van der Waals surface area contributed by atoms with Crippen LogP contribution in [0.3, 0.4) is 0 Å². The molecule has 0 radical (unpaired) electrons. The predicted octanol–water partition coefficient (Wildman–Crippen LogP) is 3.55. The summed E-state index contributed by atoms with van der Waals surface area (Å²) in [5, 5.41) is 11.4. The first-order valence-corrected chi connectivity index (χ1v) is 12.1. The van der Waals surface area contributed by atoms with E-state index in [0.29, 0.717) is 6.61 Å². The van der Waals surface area contributed by atoms with Gasteiger partial charge < -0.3 is 24.1 Å². The van der Waals surface area contributed by atoms with Crippen LogP contribution in [-0.4, -0.2) is 60.8 Å². The first-order chi connectivity index (χ1) is 17.1. The molecule has 6 atom stereocenters. The van der Waals surface area contributed by atoms with Gasteiger partial charge in [-0.05, 0) is 25.0 Å². The highest BCUT2D eigenvalue weighted by atomic mass is 16.6. The molecule has 2 fully saturated rings. The summed E-state index contributed by atoms with van der Waals surface area (Å²) in [5.41, 5.74) is 1.91. The van der Waals surface area contributed by atoms with Gasteiger partial charge in [-0.3, -0.25) is 9.69 Å². The molecule has 1 heterocycles. The number of hydrogen-bond acceptors (Lipinski definition) is 7. The molecule has 1 saturated heterocycles. The lowest BCUT2D eigenvalue weighted by Gasteiger charge is -2.30. The summed E-state index contributed by atoms with van der Waals surface area (Å²) in [6.07, 6.45) is -2.61. The van der Waals surface area contributed by atoms with E-state index < -0.39 is 36.3 Å². The molecular weight excluding hydrogens is 450 g/mol. The monoisotopic (exact) mass is 483 g/mol. The van der Waals surface area contributed by atoms with Crippen LogP contribution in [0.4, 0.5) is 4.79 Å². The number of benzene rings is 2. The molecule has 1 amide bonds. The SMILES string of the molecule is CCOC(=O)[C@@H]1[C@@H](COCc2ccccc2)[C@@H]1[C@@H](O)[C@H]1OC[C@@H](c2ccccc2)N1C(=O)OCC. The quantitative estimate of drug-likeness (QED) is 0.517. The summed E-state index contributed by atoms with van der Waals surface area (Å²) in [5.74, 6) is -1.59. The highest BCUT2D eigenvalue weighted by Gasteiger charge is 2.62. The van der Waals surface area contributed by atoms with Gasteiger partial charge >= 0.3 is 12.1 Å². The van der Waals surface area contributed by atoms with Gasteiger partial charge in [0.15, 0.2) is 6.23 Å². The Bertz CT molecular complexity index is 970. The standard InChI is InChI=1S/C27H33NO7/c1-3-33-26(30)23-20(16-32-15-18-11-7-5-8-12-18)22(23)24(29)25-28(27(31)34-4-2)21(17-35-25)19-13-9-6-10-14-19/h5-14,20-25,29H,3-4,15-17H2,1-2H3/t20-,21-,22-,23+,24+,25+/m0/s1. The predicted molar refractivity (Wildman–Crippen MR) is 127 cm³/mol. The molecule has 4 rings (SSSR count). The maximum absolute atomic E-state index is 12.9. The fourth-order valence-corrected chi connectivity index (χ4v) is 4.88. The molecule has 1 aliphatic carbocycles. The number of carbonyl (C=O) groups is 2. The number of hydrogen-bond donors (Lipinski definition) is 1. The third-order valence-corrected chi connectivity index (χ3v) is 6.59. The largest absolute Gasteiger partial charge is 0.466 e. The van der Waals surface area contributed by atoms with Crippen LogP contribution in [0.5, 0.6) is 0 Å². The molecule has 0 aromatic heterocycles. The van der Waals surface area contributed by atoms with Crippen LogP contribution < -0.4 is 0 Å². The van der Waals surface area contributed by atoms with E-state index in [-0.39, 0.29) is 38.3 Å². The first kappa shape index (κ1) is 25.2. The Kier molecular flexibility index (Phi) is 8.38. The second-order valence-electron chi connectivity index (χ2n) is 8.77. The van der Waals surface area contributed by atoms with Crippen LogP contribution in [0.25, 0.3) is 0 Å². The lowest BCUT2D eigenvalue weighted by molar-refractivity contribution is -0.146. The Labute approximate surface area is 205 Å². The fraction of sp³-hybridized carbons (Fsp3) is 0.481. The van der Waals surface area contributed by atoms with E-state index in [1.165, 1.54) is 4.90 Å². The van der Waals surface area contributed by atoms with Crippen LogP contribution in [-0.2, 0) is 30.3 Å². The third kappa shape index (κ3) is 5.66. The van der Waals surface area contributed by atoms with Crippen LogP contribution in [0.15, 0.2) is 60.7 Å². The van der Waals surface area contributed by atoms with E-state index in [0.717, 1.165) is 11.1 Å². The summed E-state index contributed by atoms with van der Waals surface area (Å²) >= 11 is 0. The van der Waals surface area contributed by atoms with Crippen molar-refractivity contribution < 1.29 is 33.6 Å². The molecule has 2 aromatic carbocycles. The Balaban J connectivity index is 1.49. The minimum Gasteiger partial charge on any atom is -0.466 e. The fourth-order valence-electron chi connectivity index (χ4n) is 4.88. The van der Waals surface area contributed by atoms with Crippen molar-refractivity contribution in [1.29, 1.82) is 0 Å². The van der Waals surface area contributed by atoms with Crippen LogP contribution >= 0.6 is 0 Å². The zero-order chi connectivity index (χ0) is 24.8. The highest BCUT2D eigenvalue weighted by Crippen LogP contribution is 2.52. The van der Waals surface area contributed by atoms with Gasteiger partial charge in [-0.25, -0.2) is 4.79 Å². The van der Waals surface area contributed by atoms with E-state index in [1.807, 2.05) is 60.7 Å². The number of aliphatic hydroxyl groups excluding tert-OH is 1. The maximum Gasteiger partial charge on any atom is 0.412 e. The van der Waals surface area contributed by atoms with Gasteiger partial charge in [0.25, 0.3) is 0 Å². The molecule has 1 aliphatic heterocycles. The Morgan fingerprint density at radius 3 is 2.34 bits per heavy atom. The summed E-state index contributed by atoms with van der Waals surface area (Å²) in [6, 6.07) is 18.8. The molecule has 1 N–H and O–H groups in total. The zero-order valence-electron chi connectivity index (χ0n) is 20.1. The highest BCUT2D eigenvalue weighted by molar-refractivity contribution is 5.77. The number of esters is 1. The third-order valence-electron chi connectivity index (χ3n) is 6.59. The molecule has 0 spiro atoms. The number of ether oxygens (including phenoxy) is 4. The Morgan fingerprint density at radius 1 is 1.03 bits per heavy atom. The number of aliphatic hydroxyl groups is 1. The second kappa shape index (κ2) is 11.7. The van der Waals surface area contributed by atoms with Crippen molar-refractivity contribution in [2.75, 3.05) is 26.4 Å². The molecule has 2 aromatic rings. The molecule has 8 nitrogen and oxygen atoms in total. The van der Waals surface area contributed by atoms with Gasteiger partial charge in [0.05, 0.1) is 45.0 Å². The molecule has 0 bridgehead atoms. The van der Waals surface area contributed by atoms with Crippen LogP contribution in [0.1, 0.15) is 31.0 Å². The van der Waals surface area contributed by atoms with E-state index in [2.05, 4.69) is 0 Å². The van der Waals surface area contributed by atoms with Gasteiger partial charge in [-0.15, -0.1) is 0 Å². The van der Waals surface area contributed by atoms with Crippen molar-refractivity contribution in [1.82, 2.24) is 4.90 Å². The average Bonchev–Trinajstić information content (AvgIpc) is 3.42. The second-order valence-corrected chi connectivity index (χ2v) is 8.77. The lowest BCUT2D eigenvalue weighted by atomic mass is 10.1. The zero-order valence-corrected chi connectivity index (χ0v) is 20.1. The molecule has 0 unspecified atom stereocenters. The topological polar surface area (TPSA) is 94.5 Å². The molecule has 35 heavy (non-hydrogen) atoms.